The van der Waals surface area contributed by atoms with Crippen LogP contribution in [0.25, 0.3) is 0 Å². The van der Waals surface area contributed by atoms with Crippen molar-refractivity contribution in [1.29, 1.82) is 0 Å². The Morgan fingerprint density at radius 3 is 2.05 bits per heavy atom. The highest BCUT2D eigenvalue weighted by Gasteiger charge is 2.55. The van der Waals surface area contributed by atoms with Crippen molar-refractivity contribution in [3.8, 4) is 0 Å². The molecule has 2 atom stereocenters. The first-order chi connectivity index (χ1) is 8.97. The zero-order valence-electron chi connectivity index (χ0n) is 11.9. The summed E-state index contributed by atoms with van der Waals surface area (Å²) in [5.74, 6) is 2.79. The van der Waals surface area contributed by atoms with Crippen molar-refractivity contribution in [3.63, 3.8) is 0 Å². The molecule has 0 heterocycles. The molecule has 4 rings (SSSR count). The van der Waals surface area contributed by atoms with Crippen molar-refractivity contribution in [2.75, 3.05) is 12.0 Å². The molecular formula is C15H24O3S. The Morgan fingerprint density at radius 1 is 1.21 bits per heavy atom. The van der Waals surface area contributed by atoms with Gasteiger partial charge in [0.15, 0.2) is 0 Å². The topological polar surface area (TPSA) is 43.4 Å². The summed E-state index contributed by atoms with van der Waals surface area (Å²) in [5, 5.41) is 0. The molecule has 4 fully saturated rings. The summed E-state index contributed by atoms with van der Waals surface area (Å²) >= 11 is 0. The second kappa shape index (κ2) is 4.87. The normalized spacial score (nSPS) is 42.9. The Balaban J connectivity index is 1.83. The van der Waals surface area contributed by atoms with E-state index in [1.807, 2.05) is 0 Å². The van der Waals surface area contributed by atoms with Gasteiger partial charge < -0.3 is 4.74 Å². The first-order valence-electron chi connectivity index (χ1n) is 7.44. The second-order valence-corrected chi connectivity index (χ2v) is 8.60. The van der Waals surface area contributed by atoms with Crippen LogP contribution in [0.4, 0.5) is 0 Å². The monoisotopic (exact) mass is 284 g/mol. The molecule has 4 bridgehead atoms. The number of ether oxygens (including phenoxy) is 1. The SMILES string of the molecule is CC(=O)OC(CS(C)=O)C12CC3CC(CC(C3)C1)C2. The lowest BCUT2D eigenvalue weighted by Crippen LogP contribution is -2.54. The molecule has 4 aliphatic rings. The molecule has 0 aromatic carbocycles. The average molecular weight is 284 g/mol. The van der Waals surface area contributed by atoms with Crippen LogP contribution < -0.4 is 0 Å². The van der Waals surface area contributed by atoms with Crippen LogP contribution in [0, 0.1) is 23.2 Å². The summed E-state index contributed by atoms with van der Waals surface area (Å²) in [6.07, 6.45) is 9.29. The van der Waals surface area contributed by atoms with Crippen LogP contribution in [0.15, 0.2) is 0 Å². The van der Waals surface area contributed by atoms with Gasteiger partial charge in [-0.25, -0.2) is 0 Å². The van der Waals surface area contributed by atoms with Gasteiger partial charge in [-0.3, -0.25) is 9.00 Å². The van der Waals surface area contributed by atoms with Gasteiger partial charge >= 0.3 is 5.97 Å². The van der Waals surface area contributed by atoms with E-state index in [1.165, 1.54) is 45.4 Å². The molecule has 0 aromatic heterocycles. The van der Waals surface area contributed by atoms with Gasteiger partial charge in [0.2, 0.25) is 0 Å². The lowest BCUT2D eigenvalue weighted by atomic mass is 9.48. The van der Waals surface area contributed by atoms with Crippen LogP contribution >= 0.6 is 0 Å². The molecule has 0 spiro atoms. The van der Waals surface area contributed by atoms with Crippen molar-refractivity contribution in [3.05, 3.63) is 0 Å². The minimum Gasteiger partial charge on any atom is -0.461 e. The van der Waals surface area contributed by atoms with E-state index in [-0.39, 0.29) is 17.5 Å². The summed E-state index contributed by atoms with van der Waals surface area (Å²) in [4.78, 5) is 11.4. The number of hydrogen-bond donors (Lipinski definition) is 0. The summed E-state index contributed by atoms with van der Waals surface area (Å²) in [6.45, 7) is 1.48. The predicted octanol–water partition coefficient (Wildman–Crippen LogP) is 2.51. The Hall–Kier alpha value is -0.380. The smallest absolute Gasteiger partial charge is 0.302 e. The molecule has 2 unspecified atom stereocenters. The highest BCUT2D eigenvalue weighted by atomic mass is 32.2. The minimum atomic E-state index is -0.902. The molecule has 0 amide bonds. The van der Waals surface area contributed by atoms with Gasteiger partial charge in [0, 0.05) is 29.4 Å². The molecule has 3 nitrogen and oxygen atoms in total. The summed E-state index contributed by atoms with van der Waals surface area (Å²) < 4.78 is 17.3. The molecule has 0 aliphatic heterocycles. The number of carbonyl (C=O) groups is 1. The largest absolute Gasteiger partial charge is 0.461 e. The number of carbonyl (C=O) groups excluding carboxylic acids is 1. The highest BCUT2D eigenvalue weighted by molar-refractivity contribution is 7.84. The van der Waals surface area contributed by atoms with Crippen LogP contribution in [0.3, 0.4) is 0 Å². The van der Waals surface area contributed by atoms with Crippen molar-refractivity contribution < 1.29 is 13.7 Å². The molecule has 19 heavy (non-hydrogen) atoms. The van der Waals surface area contributed by atoms with E-state index < -0.39 is 10.8 Å². The number of rotatable bonds is 4. The third-order valence-electron chi connectivity index (χ3n) is 5.46. The molecule has 108 valence electrons. The fourth-order valence-corrected chi connectivity index (χ4v) is 6.17. The van der Waals surface area contributed by atoms with Crippen LogP contribution in [0.1, 0.15) is 45.4 Å². The molecular weight excluding hydrogens is 260 g/mol. The Morgan fingerprint density at radius 2 is 1.68 bits per heavy atom. The third kappa shape index (κ3) is 2.61. The van der Waals surface area contributed by atoms with E-state index in [9.17, 15) is 9.00 Å². The standard InChI is InChI=1S/C15H24O3S/c1-10(16)18-14(9-19(2)17)15-6-11-3-12(7-15)5-13(4-11)8-15/h11-14H,3-9H2,1-2H3. The van der Waals surface area contributed by atoms with E-state index in [0.717, 1.165) is 17.8 Å². The van der Waals surface area contributed by atoms with Crippen LogP contribution in [-0.4, -0.2) is 28.3 Å². The highest BCUT2D eigenvalue weighted by Crippen LogP contribution is 2.61. The maximum absolute atomic E-state index is 11.6. The molecule has 0 radical (unpaired) electrons. The minimum absolute atomic E-state index is 0.121. The quantitative estimate of drug-likeness (QED) is 0.745. The first kappa shape index (κ1) is 13.6. The van der Waals surface area contributed by atoms with E-state index >= 15 is 0 Å². The molecule has 0 N–H and O–H groups in total. The van der Waals surface area contributed by atoms with E-state index in [0.29, 0.717) is 5.75 Å². The van der Waals surface area contributed by atoms with Gasteiger partial charge in [-0.05, 0) is 56.3 Å². The first-order valence-corrected chi connectivity index (χ1v) is 9.17. The van der Waals surface area contributed by atoms with Crippen molar-refractivity contribution in [2.45, 2.75) is 51.6 Å². The second-order valence-electron chi connectivity index (χ2n) is 7.12. The fourth-order valence-electron chi connectivity index (χ4n) is 5.32. The summed E-state index contributed by atoms with van der Waals surface area (Å²) in [7, 11) is -0.902. The Bertz CT molecular complexity index is 353. The zero-order chi connectivity index (χ0) is 13.6. The van der Waals surface area contributed by atoms with Gasteiger partial charge in [0.25, 0.3) is 0 Å². The van der Waals surface area contributed by atoms with Crippen LogP contribution in [0.2, 0.25) is 0 Å². The molecule has 4 aliphatic carbocycles. The predicted molar refractivity (Wildman–Crippen MR) is 75.1 cm³/mol. The average Bonchev–Trinajstić information content (AvgIpc) is 2.24. The fraction of sp³-hybridized carbons (Fsp3) is 0.933. The van der Waals surface area contributed by atoms with Crippen molar-refractivity contribution >= 4 is 16.8 Å². The van der Waals surface area contributed by atoms with Gasteiger partial charge in [0.1, 0.15) is 6.10 Å². The van der Waals surface area contributed by atoms with Crippen LogP contribution in [0.5, 0.6) is 0 Å². The van der Waals surface area contributed by atoms with Crippen molar-refractivity contribution in [1.82, 2.24) is 0 Å². The van der Waals surface area contributed by atoms with Gasteiger partial charge in [-0.15, -0.1) is 0 Å². The third-order valence-corrected chi connectivity index (χ3v) is 6.24. The van der Waals surface area contributed by atoms with E-state index in [4.69, 9.17) is 4.74 Å². The maximum Gasteiger partial charge on any atom is 0.302 e. The van der Waals surface area contributed by atoms with E-state index in [2.05, 4.69) is 0 Å². The maximum atomic E-state index is 11.6. The molecule has 4 saturated carbocycles. The molecule has 0 saturated heterocycles. The Labute approximate surface area is 117 Å². The Kier molecular flexibility index (Phi) is 3.48. The lowest BCUT2D eigenvalue weighted by molar-refractivity contribution is -0.167. The molecule has 4 heteroatoms. The number of hydrogen-bond acceptors (Lipinski definition) is 3. The van der Waals surface area contributed by atoms with Gasteiger partial charge in [0.05, 0.1) is 5.75 Å². The van der Waals surface area contributed by atoms with Gasteiger partial charge in [-0.2, -0.15) is 0 Å². The summed E-state index contributed by atoms with van der Waals surface area (Å²) in [5.41, 5.74) is 0.145. The van der Waals surface area contributed by atoms with Gasteiger partial charge in [-0.1, -0.05) is 0 Å². The van der Waals surface area contributed by atoms with Crippen molar-refractivity contribution in [2.24, 2.45) is 23.2 Å². The lowest BCUT2D eigenvalue weighted by Gasteiger charge is -2.58. The summed E-state index contributed by atoms with van der Waals surface area (Å²) in [6, 6.07) is 0. The number of esters is 1. The van der Waals surface area contributed by atoms with E-state index in [1.54, 1.807) is 6.26 Å². The molecule has 0 aromatic rings. The zero-order valence-corrected chi connectivity index (χ0v) is 12.7. The van der Waals surface area contributed by atoms with Crippen LogP contribution in [-0.2, 0) is 20.3 Å².